The first kappa shape index (κ1) is 7.77. The van der Waals surface area contributed by atoms with Crippen molar-refractivity contribution in [1.29, 1.82) is 0 Å². The lowest BCUT2D eigenvalue weighted by Crippen LogP contribution is -2.13. The fourth-order valence-corrected chi connectivity index (χ4v) is 1.76. The molecule has 64 valence electrons. The van der Waals surface area contributed by atoms with Crippen LogP contribution < -0.4 is 5.32 Å². The third-order valence-corrected chi connectivity index (χ3v) is 2.39. The SMILES string of the molecule is OCC[C@H]1NCc2ccccc21. The number of nitrogens with one attached hydrogen (secondary N) is 1. The first-order valence-electron chi connectivity index (χ1n) is 4.34. The monoisotopic (exact) mass is 163 g/mol. The molecule has 1 aromatic rings. The molecule has 0 aliphatic carbocycles. The molecule has 0 radical (unpaired) electrons. The molecule has 1 aliphatic rings. The summed E-state index contributed by atoms with van der Waals surface area (Å²) in [5, 5.41) is 12.2. The van der Waals surface area contributed by atoms with Crippen molar-refractivity contribution in [2.75, 3.05) is 6.61 Å². The first-order chi connectivity index (χ1) is 5.92. The molecule has 0 spiro atoms. The Kier molecular flexibility index (Phi) is 2.11. The van der Waals surface area contributed by atoms with E-state index >= 15 is 0 Å². The molecule has 0 saturated carbocycles. The van der Waals surface area contributed by atoms with Gasteiger partial charge in [-0.15, -0.1) is 0 Å². The highest BCUT2D eigenvalue weighted by atomic mass is 16.3. The quantitative estimate of drug-likeness (QED) is 0.687. The summed E-state index contributed by atoms with van der Waals surface area (Å²) in [6.07, 6.45) is 0.816. The Morgan fingerprint density at radius 2 is 2.25 bits per heavy atom. The van der Waals surface area contributed by atoms with Gasteiger partial charge >= 0.3 is 0 Å². The van der Waals surface area contributed by atoms with E-state index in [0.717, 1.165) is 13.0 Å². The maximum absolute atomic E-state index is 8.81. The van der Waals surface area contributed by atoms with Crippen molar-refractivity contribution in [3.63, 3.8) is 0 Å². The predicted molar refractivity (Wildman–Crippen MR) is 47.7 cm³/mol. The average Bonchev–Trinajstić information content (AvgIpc) is 2.50. The lowest BCUT2D eigenvalue weighted by Gasteiger charge is -2.08. The highest BCUT2D eigenvalue weighted by molar-refractivity contribution is 5.33. The lowest BCUT2D eigenvalue weighted by atomic mass is 10.0. The number of hydrogen-bond acceptors (Lipinski definition) is 2. The van der Waals surface area contributed by atoms with Crippen LogP contribution in [0.5, 0.6) is 0 Å². The van der Waals surface area contributed by atoms with Crippen LogP contribution in [0, 0.1) is 0 Å². The highest BCUT2D eigenvalue weighted by Crippen LogP contribution is 2.26. The van der Waals surface area contributed by atoms with Gasteiger partial charge in [0.05, 0.1) is 0 Å². The minimum atomic E-state index is 0.256. The molecule has 2 nitrogen and oxygen atoms in total. The zero-order valence-electron chi connectivity index (χ0n) is 6.96. The Balaban J connectivity index is 2.24. The number of rotatable bonds is 2. The molecular weight excluding hydrogens is 150 g/mol. The van der Waals surface area contributed by atoms with Crippen molar-refractivity contribution in [3.8, 4) is 0 Å². The topological polar surface area (TPSA) is 32.3 Å². The van der Waals surface area contributed by atoms with E-state index in [0.29, 0.717) is 6.04 Å². The fraction of sp³-hybridized carbons (Fsp3) is 0.400. The molecule has 2 heteroatoms. The van der Waals surface area contributed by atoms with E-state index in [-0.39, 0.29) is 6.61 Å². The largest absolute Gasteiger partial charge is 0.396 e. The second-order valence-corrected chi connectivity index (χ2v) is 3.14. The Morgan fingerprint density at radius 3 is 3.08 bits per heavy atom. The summed E-state index contributed by atoms with van der Waals surface area (Å²) in [6, 6.07) is 8.75. The third-order valence-electron chi connectivity index (χ3n) is 2.39. The molecule has 1 atom stereocenters. The van der Waals surface area contributed by atoms with Crippen LogP contribution in [0.15, 0.2) is 24.3 Å². The lowest BCUT2D eigenvalue weighted by molar-refractivity contribution is 0.269. The molecule has 0 bridgehead atoms. The minimum Gasteiger partial charge on any atom is -0.396 e. The normalized spacial score (nSPS) is 20.9. The van der Waals surface area contributed by atoms with E-state index in [9.17, 15) is 0 Å². The van der Waals surface area contributed by atoms with E-state index in [2.05, 4.69) is 29.6 Å². The summed E-state index contributed by atoms with van der Waals surface area (Å²) < 4.78 is 0. The Labute approximate surface area is 72.2 Å². The van der Waals surface area contributed by atoms with Crippen LogP contribution in [0.1, 0.15) is 23.6 Å². The molecule has 1 heterocycles. The highest BCUT2D eigenvalue weighted by Gasteiger charge is 2.19. The van der Waals surface area contributed by atoms with Gasteiger partial charge in [-0.1, -0.05) is 24.3 Å². The van der Waals surface area contributed by atoms with Crippen molar-refractivity contribution < 1.29 is 5.11 Å². The molecule has 1 aliphatic heterocycles. The smallest absolute Gasteiger partial charge is 0.0449 e. The summed E-state index contributed by atoms with van der Waals surface area (Å²) in [7, 11) is 0. The second-order valence-electron chi connectivity index (χ2n) is 3.14. The second kappa shape index (κ2) is 3.25. The number of hydrogen-bond donors (Lipinski definition) is 2. The van der Waals surface area contributed by atoms with E-state index in [1.54, 1.807) is 0 Å². The predicted octanol–water partition coefficient (Wildman–Crippen LogP) is 1.21. The summed E-state index contributed by atoms with van der Waals surface area (Å²) >= 11 is 0. The molecule has 0 saturated heterocycles. The Morgan fingerprint density at radius 1 is 1.42 bits per heavy atom. The molecule has 0 aromatic heterocycles. The van der Waals surface area contributed by atoms with Gasteiger partial charge in [-0.3, -0.25) is 0 Å². The number of benzene rings is 1. The molecule has 2 rings (SSSR count). The van der Waals surface area contributed by atoms with Gasteiger partial charge in [-0.25, -0.2) is 0 Å². The van der Waals surface area contributed by atoms with Crippen LogP contribution >= 0.6 is 0 Å². The van der Waals surface area contributed by atoms with Gasteiger partial charge < -0.3 is 10.4 Å². The summed E-state index contributed by atoms with van der Waals surface area (Å²) in [5.74, 6) is 0. The summed E-state index contributed by atoms with van der Waals surface area (Å²) in [4.78, 5) is 0. The maximum atomic E-state index is 8.81. The van der Waals surface area contributed by atoms with Crippen LogP contribution in [-0.4, -0.2) is 11.7 Å². The van der Waals surface area contributed by atoms with E-state index in [4.69, 9.17) is 5.11 Å². The minimum absolute atomic E-state index is 0.256. The van der Waals surface area contributed by atoms with E-state index in [1.165, 1.54) is 11.1 Å². The number of aliphatic hydroxyl groups is 1. The van der Waals surface area contributed by atoms with Crippen molar-refractivity contribution in [2.45, 2.75) is 19.0 Å². The molecule has 1 aromatic carbocycles. The molecule has 0 unspecified atom stereocenters. The van der Waals surface area contributed by atoms with Gasteiger partial charge in [0.15, 0.2) is 0 Å². The van der Waals surface area contributed by atoms with Crippen LogP contribution in [0.2, 0.25) is 0 Å². The summed E-state index contributed by atoms with van der Waals surface area (Å²) in [6.45, 7) is 1.20. The van der Waals surface area contributed by atoms with Crippen LogP contribution in [0.3, 0.4) is 0 Å². The zero-order valence-corrected chi connectivity index (χ0v) is 6.96. The molecule has 0 amide bonds. The van der Waals surface area contributed by atoms with Gasteiger partial charge in [-0.05, 0) is 17.5 Å². The Hall–Kier alpha value is -0.860. The van der Waals surface area contributed by atoms with Crippen LogP contribution in [-0.2, 0) is 6.54 Å². The number of aliphatic hydroxyl groups excluding tert-OH is 1. The van der Waals surface area contributed by atoms with Crippen molar-refractivity contribution in [3.05, 3.63) is 35.4 Å². The van der Waals surface area contributed by atoms with E-state index < -0.39 is 0 Å². The average molecular weight is 163 g/mol. The summed E-state index contributed by atoms with van der Waals surface area (Å²) in [5.41, 5.74) is 2.72. The maximum Gasteiger partial charge on any atom is 0.0449 e. The zero-order chi connectivity index (χ0) is 8.39. The Bertz CT molecular complexity index is 270. The van der Waals surface area contributed by atoms with Gasteiger partial charge in [0.1, 0.15) is 0 Å². The van der Waals surface area contributed by atoms with Crippen molar-refractivity contribution >= 4 is 0 Å². The molecule has 12 heavy (non-hydrogen) atoms. The van der Waals surface area contributed by atoms with Gasteiger partial charge in [-0.2, -0.15) is 0 Å². The van der Waals surface area contributed by atoms with Gasteiger partial charge in [0, 0.05) is 19.2 Å². The third kappa shape index (κ3) is 1.24. The van der Waals surface area contributed by atoms with Crippen LogP contribution in [0.25, 0.3) is 0 Å². The standard InChI is InChI=1S/C10H13NO/c12-6-5-10-9-4-2-1-3-8(9)7-11-10/h1-4,10-12H,5-7H2/t10-/m1/s1. The molecule has 2 N–H and O–H groups in total. The van der Waals surface area contributed by atoms with Crippen molar-refractivity contribution in [2.24, 2.45) is 0 Å². The molecule has 0 fully saturated rings. The van der Waals surface area contributed by atoms with Crippen LogP contribution in [0.4, 0.5) is 0 Å². The van der Waals surface area contributed by atoms with Gasteiger partial charge in [0.25, 0.3) is 0 Å². The van der Waals surface area contributed by atoms with E-state index in [1.807, 2.05) is 0 Å². The van der Waals surface area contributed by atoms with Crippen molar-refractivity contribution in [1.82, 2.24) is 5.32 Å². The number of fused-ring (bicyclic) bond motifs is 1. The van der Waals surface area contributed by atoms with Gasteiger partial charge in [0.2, 0.25) is 0 Å². The molecular formula is C10H13NO. The first-order valence-corrected chi connectivity index (χ1v) is 4.34. The fourth-order valence-electron chi connectivity index (χ4n) is 1.76.